The second kappa shape index (κ2) is 7.57. The van der Waals surface area contributed by atoms with E-state index in [0.29, 0.717) is 16.2 Å². The standard InChI is InChI=1S/C23H18ClF3N4/c24-17-7-2-5-15(11-17)20-12-21-29-19-9-3-8-18(19)22(31(21)30-20)28-13-14-4-1-6-16(10-14)23(25,26)27/h1-2,4-7,10-12,28H,3,8-9,13H2. The first-order chi connectivity index (χ1) is 14.9. The van der Waals surface area contributed by atoms with Crippen molar-refractivity contribution in [3.05, 3.63) is 82.0 Å². The van der Waals surface area contributed by atoms with E-state index in [1.165, 1.54) is 12.1 Å². The Bertz CT molecular complexity index is 1280. The van der Waals surface area contributed by atoms with Gasteiger partial charge in [-0.3, -0.25) is 0 Å². The molecule has 1 aliphatic rings. The Morgan fingerprint density at radius 3 is 2.68 bits per heavy atom. The predicted molar refractivity (Wildman–Crippen MR) is 114 cm³/mol. The molecule has 0 radical (unpaired) electrons. The highest BCUT2D eigenvalue weighted by molar-refractivity contribution is 6.30. The lowest BCUT2D eigenvalue weighted by atomic mass is 10.1. The van der Waals surface area contributed by atoms with Crippen molar-refractivity contribution in [3.63, 3.8) is 0 Å². The molecular weight excluding hydrogens is 425 g/mol. The van der Waals surface area contributed by atoms with Crippen LogP contribution < -0.4 is 5.32 Å². The maximum atomic E-state index is 13.1. The smallest absolute Gasteiger partial charge is 0.366 e. The second-order valence-corrected chi connectivity index (χ2v) is 8.04. The highest BCUT2D eigenvalue weighted by Crippen LogP contribution is 2.32. The second-order valence-electron chi connectivity index (χ2n) is 7.60. The first kappa shape index (κ1) is 19.9. The van der Waals surface area contributed by atoms with Crippen molar-refractivity contribution in [3.8, 4) is 11.3 Å². The zero-order valence-electron chi connectivity index (χ0n) is 16.4. The van der Waals surface area contributed by atoms with Crippen molar-refractivity contribution >= 4 is 23.1 Å². The van der Waals surface area contributed by atoms with Crippen molar-refractivity contribution in [1.29, 1.82) is 0 Å². The van der Waals surface area contributed by atoms with Crippen LogP contribution in [0, 0.1) is 0 Å². The third-order valence-corrected chi connectivity index (χ3v) is 5.70. The molecule has 1 aliphatic carbocycles. The topological polar surface area (TPSA) is 42.2 Å². The highest BCUT2D eigenvalue weighted by atomic mass is 35.5. The molecule has 158 valence electrons. The van der Waals surface area contributed by atoms with Gasteiger partial charge in [0.1, 0.15) is 5.82 Å². The number of anilines is 1. The number of nitrogens with zero attached hydrogens (tertiary/aromatic N) is 3. The average molecular weight is 443 g/mol. The number of benzene rings is 2. The monoisotopic (exact) mass is 442 g/mol. The fourth-order valence-electron chi connectivity index (χ4n) is 4.00. The van der Waals surface area contributed by atoms with Crippen LogP contribution in [-0.2, 0) is 25.6 Å². The van der Waals surface area contributed by atoms with Gasteiger partial charge in [0.15, 0.2) is 5.65 Å². The summed E-state index contributed by atoms with van der Waals surface area (Å²) in [7, 11) is 0. The summed E-state index contributed by atoms with van der Waals surface area (Å²) in [6.07, 6.45) is -1.64. The Labute approximate surface area is 181 Å². The predicted octanol–water partition coefficient (Wildman–Crippen LogP) is 6.17. The number of nitrogens with one attached hydrogen (secondary N) is 1. The Morgan fingerprint density at radius 1 is 1.03 bits per heavy atom. The van der Waals surface area contributed by atoms with Crippen LogP contribution in [0.4, 0.5) is 19.0 Å². The number of alkyl halides is 3. The first-order valence-corrected chi connectivity index (χ1v) is 10.3. The molecule has 0 fully saturated rings. The van der Waals surface area contributed by atoms with E-state index >= 15 is 0 Å². The molecule has 0 bridgehead atoms. The lowest BCUT2D eigenvalue weighted by molar-refractivity contribution is -0.137. The normalized spacial score (nSPS) is 13.5. The maximum absolute atomic E-state index is 13.1. The number of aromatic nitrogens is 3. The van der Waals surface area contributed by atoms with E-state index in [2.05, 4.69) is 5.32 Å². The van der Waals surface area contributed by atoms with E-state index in [1.54, 1.807) is 16.6 Å². The Hall–Kier alpha value is -3.06. The molecule has 0 saturated carbocycles. The Kier molecular flexibility index (Phi) is 4.85. The Balaban J connectivity index is 1.53. The van der Waals surface area contributed by atoms with E-state index in [4.69, 9.17) is 21.7 Å². The largest absolute Gasteiger partial charge is 0.416 e. The van der Waals surface area contributed by atoms with Gasteiger partial charge in [0.2, 0.25) is 0 Å². The molecule has 4 aromatic rings. The first-order valence-electron chi connectivity index (χ1n) is 9.96. The molecule has 2 aromatic carbocycles. The van der Waals surface area contributed by atoms with Crippen LogP contribution >= 0.6 is 11.6 Å². The zero-order chi connectivity index (χ0) is 21.6. The van der Waals surface area contributed by atoms with Gasteiger partial charge >= 0.3 is 6.18 Å². The molecular formula is C23H18ClF3N4. The summed E-state index contributed by atoms with van der Waals surface area (Å²) < 4.78 is 40.9. The molecule has 0 saturated heterocycles. The van der Waals surface area contributed by atoms with Crippen LogP contribution in [0.1, 0.15) is 28.8 Å². The molecule has 0 aliphatic heterocycles. The minimum Gasteiger partial charge on any atom is -0.366 e. The summed E-state index contributed by atoms with van der Waals surface area (Å²) in [4.78, 5) is 4.77. The SMILES string of the molecule is FC(F)(F)c1cccc(CNc2c3c(nc4cc(-c5cccc(Cl)c5)nn24)CCC3)c1. The summed E-state index contributed by atoms with van der Waals surface area (Å²) in [6, 6.07) is 14.7. The lowest BCUT2D eigenvalue weighted by Gasteiger charge is -2.14. The van der Waals surface area contributed by atoms with Crippen LogP contribution in [-0.4, -0.2) is 14.6 Å². The summed E-state index contributed by atoms with van der Waals surface area (Å²) in [5.41, 5.74) is 4.29. The van der Waals surface area contributed by atoms with Crippen LogP contribution in [0.25, 0.3) is 16.9 Å². The maximum Gasteiger partial charge on any atom is 0.416 e. The lowest BCUT2D eigenvalue weighted by Crippen LogP contribution is -2.11. The number of rotatable bonds is 4. The van der Waals surface area contributed by atoms with Crippen molar-refractivity contribution in [1.82, 2.24) is 14.6 Å². The van der Waals surface area contributed by atoms with Gasteiger partial charge in [-0.1, -0.05) is 35.9 Å². The van der Waals surface area contributed by atoms with Gasteiger partial charge in [0.25, 0.3) is 0 Å². The number of hydrogen-bond acceptors (Lipinski definition) is 3. The van der Waals surface area contributed by atoms with Gasteiger partial charge in [0.05, 0.1) is 11.3 Å². The van der Waals surface area contributed by atoms with Crippen molar-refractivity contribution in [2.75, 3.05) is 5.32 Å². The zero-order valence-corrected chi connectivity index (χ0v) is 17.1. The minimum atomic E-state index is -4.37. The van der Waals surface area contributed by atoms with Gasteiger partial charge < -0.3 is 5.32 Å². The molecule has 8 heteroatoms. The van der Waals surface area contributed by atoms with Crippen LogP contribution in [0.3, 0.4) is 0 Å². The molecule has 4 nitrogen and oxygen atoms in total. The Morgan fingerprint density at radius 2 is 1.87 bits per heavy atom. The van der Waals surface area contributed by atoms with Gasteiger partial charge in [-0.05, 0) is 49.1 Å². The molecule has 0 unspecified atom stereocenters. The third kappa shape index (κ3) is 3.85. The van der Waals surface area contributed by atoms with Crippen LogP contribution in [0.5, 0.6) is 0 Å². The van der Waals surface area contributed by atoms with E-state index in [-0.39, 0.29) is 6.54 Å². The molecule has 0 atom stereocenters. The van der Waals surface area contributed by atoms with Crippen molar-refractivity contribution in [2.24, 2.45) is 0 Å². The van der Waals surface area contributed by atoms with Gasteiger partial charge in [0, 0.05) is 34.5 Å². The van der Waals surface area contributed by atoms with E-state index in [1.807, 2.05) is 24.3 Å². The van der Waals surface area contributed by atoms with Crippen LogP contribution in [0.2, 0.25) is 5.02 Å². The number of hydrogen-bond donors (Lipinski definition) is 1. The molecule has 0 amide bonds. The minimum absolute atomic E-state index is 0.252. The van der Waals surface area contributed by atoms with Gasteiger partial charge in [-0.25, -0.2) is 4.98 Å². The third-order valence-electron chi connectivity index (χ3n) is 5.46. The summed E-state index contributed by atoms with van der Waals surface area (Å²) in [5, 5.41) is 8.67. The molecule has 2 aromatic heterocycles. The molecule has 1 N–H and O–H groups in total. The van der Waals surface area contributed by atoms with Gasteiger partial charge in [-0.15, -0.1) is 0 Å². The summed E-state index contributed by atoms with van der Waals surface area (Å²) in [6.45, 7) is 0.252. The van der Waals surface area contributed by atoms with Crippen LogP contribution in [0.15, 0.2) is 54.6 Å². The number of aryl methyl sites for hydroxylation is 1. The summed E-state index contributed by atoms with van der Waals surface area (Å²) in [5.74, 6) is 0.781. The fourth-order valence-corrected chi connectivity index (χ4v) is 4.19. The quantitative estimate of drug-likeness (QED) is 0.411. The molecule has 0 spiro atoms. The van der Waals surface area contributed by atoms with Crippen molar-refractivity contribution in [2.45, 2.75) is 32.0 Å². The highest BCUT2D eigenvalue weighted by Gasteiger charge is 2.30. The number of halogens is 4. The van der Waals surface area contributed by atoms with Gasteiger partial charge in [-0.2, -0.15) is 22.8 Å². The summed E-state index contributed by atoms with van der Waals surface area (Å²) >= 11 is 6.13. The number of fused-ring (bicyclic) bond motifs is 2. The molecule has 2 heterocycles. The van der Waals surface area contributed by atoms with E-state index in [9.17, 15) is 13.2 Å². The molecule has 31 heavy (non-hydrogen) atoms. The average Bonchev–Trinajstić information content (AvgIpc) is 3.37. The van der Waals surface area contributed by atoms with Crippen molar-refractivity contribution < 1.29 is 13.2 Å². The van der Waals surface area contributed by atoms with E-state index < -0.39 is 11.7 Å². The molecule has 5 rings (SSSR count). The van der Waals surface area contributed by atoms with E-state index in [0.717, 1.165) is 53.7 Å². The fraction of sp³-hybridized carbons (Fsp3) is 0.217.